The number of hydrogen-bond donors (Lipinski definition) is 2. The standard InChI is InChI=1S/C26H25N3O4S2/c1-17-19(16-35-25-28-21-10-3-4-11-22(21)29-25)8-6-12-23(17)34-14-13-33-26(31)27-20-9-5-7-18(15-20)24(30)32-2/h3-12,15H,13-14,16H2,1-2H3,(H,27,31)(H,28,29). The first-order chi connectivity index (χ1) is 17.0. The number of fused-ring (bicyclic) bond motifs is 1. The van der Waals surface area contributed by atoms with Crippen molar-refractivity contribution in [3.05, 3.63) is 83.4 Å². The fourth-order valence-electron chi connectivity index (χ4n) is 3.40. The topological polar surface area (TPSA) is 93.3 Å². The molecule has 0 bridgehead atoms. The predicted octanol–water partition coefficient (Wildman–Crippen LogP) is 6.29. The van der Waals surface area contributed by atoms with Crippen LogP contribution < -0.4 is 5.32 Å². The first-order valence-electron chi connectivity index (χ1n) is 10.9. The molecule has 0 atom stereocenters. The number of carbonyl (C=O) groups excluding carboxylic acids is 2. The van der Waals surface area contributed by atoms with Crippen molar-refractivity contribution in [1.82, 2.24) is 9.97 Å². The molecule has 9 heteroatoms. The number of H-pyrrole nitrogens is 1. The number of nitrogens with one attached hydrogen (secondary N) is 2. The summed E-state index contributed by atoms with van der Waals surface area (Å²) < 4.78 is 9.99. The monoisotopic (exact) mass is 507 g/mol. The molecule has 180 valence electrons. The van der Waals surface area contributed by atoms with Crippen LogP contribution in [0.5, 0.6) is 0 Å². The van der Waals surface area contributed by atoms with E-state index in [-0.39, 0.29) is 6.61 Å². The Morgan fingerprint density at radius 3 is 2.69 bits per heavy atom. The van der Waals surface area contributed by atoms with Gasteiger partial charge in [0.2, 0.25) is 0 Å². The normalized spacial score (nSPS) is 10.8. The average Bonchev–Trinajstić information content (AvgIpc) is 3.29. The molecule has 1 heterocycles. The van der Waals surface area contributed by atoms with Gasteiger partial charge >= 0.3 is 12.1 Å². The number of esters is 1. The Morgan fingerprint density at radius 1 is 1.03 bits per heavy atom. The number of methoxy groups -OCH3 is 1. The van der Waals surface area contributed by atoms with Crippen molar-refractivity contribution in [3.63, 3.8) is 0 Å². The number of anilines is 1. The van der Waals surface area contributed by atoms with Gasteiger partial charge < -0.3 is 14.5 Å². The van der Waals surface area contributed by atoms with Gasteiger partial charge in [-0.3, -0.25) is 5.32 Å². The number of amides is 1. The van der Waals surface area contributed by atoms with Gasteiger partial charge in [-0.15, -0.1) is 11.8 Å². The zero-order chi connectivity index (χ0) is 24.6. The summed E-state index contributed by atoms with van der Waals surface area (Å²) in [6.07, 6.45) is -0.569. The van der Waals surface area contributed by atoms with Crippen LogP contribution in [-0.4, -0.2) is 41.5 Å². The third kappa shape index (κ3) is 6.58. The molecule has 2 N–H and O–H groups in total. The number of aromatic nitrogens is 2. The van der Waals surface area contributed by atoms with Crippen LogP contribution in [0.15, 0.2) is 76.8 Å². The van der Waals surface area contributed by atoms with Crippen LogP contribution in [0.25, 0.3) is 11.0 Å². The summed E-state index contributed by atoms with van der Waals surface area (Å²) in [4.78, 5) is 32.9. The molecule has 0 saturated heterocycles. The minimum atomic E-state index is -0.569. The van der Waals surface area contributed by atoms with Gasteiger partial charge in [-0.2, -0.15) is 0 Å². The number of benzene rings is 3. The number of ether oxygens (including phenoxy) is 2. The van der Waals surface area contributed by atoms with E-state index in [0.717, 1.165) is 26.8 Å². The summed E-state index contributed by atoms with van der Waals surface area (Å²) >= 11 is 3.32. The smallest absolute Gasteiger partial charge is 0.411 e. The third-order valence-corrected chi connectivity index (χ3v) is 7.28. The molecule has 7 nitrogen and oxygen atoms in total. The highest BCUT2D eigenvalue weighted by molar-refractivity contribution is 7.99. The second kappa shape index (κ2) is 11.8. The van der Waals surface area contributed by atoms with Crippen LogP contribution in [0.3, 0.4) is 0 Å². The molecule has 35 heavy (non-hydrogen) atoms. The number of aromatic amines is 1. The Bertz CT molecular complexity index is 1310. The number of carbonyl (C=O) groups is 2. The number of hydrogen-bond acceptors (Lipinski definition) is 7. The van der Waals surface area contributed by atoms with Gasteiger partial charge in [-0.05, 0) is 54.4 Å². The summed E-state index contributed by atoms with van der Waals surface area (Å²) in [5, 5.41) is 3.54. The van der Waals surface area contributed by atoms with Crippen molar-refractivity contribution in [2.24, 2.45) is 0 Å². The Labute approximate surface area is 212 Å². The molecular formula is C26H25N3O4S2. The molecule has 3 aromatic carbocycles. The molecule has 0 spiro atoms. The van der Waals surface area contributed by atoms with Gasteiger partial charge in [0.15, 0.2) is 5.16 Å². The van der Waals surface area contributed by atoms with Crippen molar-refractivity contribution in [1.29, 1.82) is 0 Å². The molecule has 0 aliphatic carbocycles. The van der Waals surface area contributed by atoms with E-state index < -0.39 is 12.1 Å². The molecule has 0 radical (unpaired) electrons. The Morgan fingerprint density at radius 2 is 1.86 bits per heavy atom. The van der Waals surface area contributed by atoms with Crippen molar-refractivity contribution in [3.8, 4) is 0 Å². The van der Waals surface area contributed by atoms with E-state index >= 15 is 0 Å². The zero-order valence-corrected chi connectivity index (χ0v) is 21.0. The highest BCUT2D eigenvalue weighted by Gasteiger charge is 2.10. The van der Waals surface area contributed by atoms with Gasteiger partial charge in [0, 0.05) is 22.1 Å². The quantitative estimate of drug-likeness (QED) is 0.156. The Hall–Kier alpha value is -3.43. The van der Waals surface area contributed by atoms with Crippen LogP contribution in [0.2, 0.25) is 0 Å². The lowest BCUT2D eigenvalue weighted by Crippen LogP contribution is -2.15. The number of nitrogens with zero attached hydrogens (tertiary/aromatic N) is 1. The second-order valence-corrected chi connectivity index (χ2v) is 9.67. The molecule has 0 aliphatic heterocycles. The van der Waals surface area contributed by atoms with E-state index in [4.69, 9.17) is 9.47 Å². The summed E-state index contributed by atoms with van der Waals surface area (Å²) in [6, 6.07) is 20.8. The fraction of sp³-hybridized carbons (Fsp3) is 0.192. The Kier molecular flexibility index (Phi) is 8.33. The lowest BCUT2D eigenvalue weighted by molar-refractivity contribution is 0.0600. The summed E-state index contributed by atoms with van der Waals surface area (Å²) in [6.45, 7) is 2.36. The Balaban J connectivity index is 1.25. The van der Waals surface area contributed by atoms with Crippen molar-refractivity contribution in [2.75, 3.05) is 24.8 Å². The van der Waals surface area contributed by atoms with E-state index in [2.05, 4.69) is 34.3 Å². The minimum absolute atomic E-state index is 0.255. The van der Waals surface area contributed by atoms with Gasteiger partial charge in [-0.25, -0.2) is 14.6 Å². The van der Waals surface area contributed by atoms with E-state index in [1.807, 2.05) is 30.3 Å². The molecule has 0 aliphatic rings. The van der Waals surface area contributed by atoms with Crippen molar-refractivity contribution in [2.45, 2.75) is 22.7 Å². The summed E-state index contributed by atoms with van der Waals surface area (Å²) in [5.41, 5.74) is 5.29. The van der Waals surface area contributed by atoms with E-state index in [1.165, 1.54) is 18.2 Å². The molecule has 0 saturated carbocycles. The highest BCUT2D eigenvalue weighted by atomic mass is 32.2. The van der Waals surface area contributed by atoms with Gasteiger partial charge in [-0.1, -0.05) is 42.1 Å². The van der Waals surface area contributed by atoms with E-state index in [0.29, 0.717) is 17.0 Å². The highest BCUT2D eigenvalue weighted by Crippen LogP contribution is 2.29. The maximum Gasteiger partial charge on any atom is 0.411 e. The second-order valence-electron chi connectivity index (χ2n) is 7.57. The van der Waals surface area contributed by atoms with Crippen LogP contribution in [-0.2, 0) is 15.2 Å². The zero-order valence-electron chi connectivity index (χ0n) is 19.4. The van der Waals surface area contributed by atoms with Crippen LogP contribution in [0, 0.1) is 6.92 Å². The van der Waals surface area contributed by atoms with Crippen LogP contribution in [0.4, 0.5) is 10.5 Å². The summed E-state index contributed by atoms with van der Waals surface area (Å²) in [7, 11) is 1.31. The molecule has 0 unspecified atom stereocenters. The lowest BCUT2D eigenvalue weighted by Gasteiger charge is -2.11. The third-order valence-electron chi connectivity index (χ3n) is 5.23. The maximum absolute atomic E-state index is 12.1. The number of thioether (sulfide) groups is 2. The molecule has 1 aromatic heterocycles. The molecule has 4 rings (SSSR count). The first-order valence-corrected chi connectivity index (χ1v) is 12.9. The van der Waals surface area contributed by atoms with E-state index in [9.17, 15) is 9.59 Å². The number of para-hydroxylation sites is 2. The summed E-state index contributed by atoms with van der Waals surface area (Å²) in [5.74, 6) is 0.965. The van der Waals surface area contributed by atoms with Crippen molar-refractivity contribution >= 4 is 52.3 Å². The number of rotatable bonds is 9. The van der Waals surface area contributed by atoms with Gasteiger partial charge in [0.25, 0.3) is 0 Å². The number of imidazole rings is 1. The van der Waals surface area contributed by atoms with Crippen molar-refractivity contribution < 1.29 is 19.1 Å². The SMILES string of the molecule is COC(=O)c1cccc(NC(=O)OCCSc2cccc(CSc3nc4ccccc4[nH]3)c2C)c1. The minimum Gasteiger partial charge on any atom is -0.465 e. The fourth-order valence-corrected chi connectivity index (χ4v) is 5.26. The largest absolute Gasteiger partial charge is 0.465 e. The maximum atomic E-state index is 12.1. The van der Waals surface area contributed by atoms with E-state index in [1.54, 1.807) is 47.8 Å². The van der Waals surface area contributed by atoms with Crippen LogP contribution >= 0.6 is 23.5 Å². The lowest BCUT2D eigenvalue weighted by atomic mass is 10.1. The molecule has 0 fully saturated rings. The van der Waals surface area contributed by atoms with Gasteiger partial charge in [0.05, 0.1) is 23.7 Å². The average molecular weight is 508 g/mol. The molecule has 1 amide bonds. The molecule has 4 aromatic rings. The molecular weight excluding hydrogens is 482 g/mol. The van der Waals surface area contributed by atoms with Gasteiger partial charge in [0.1, 0.15) is 6.61 Å². The first kappa shape index (κ1) is 24.7. The van der Waals surface area contributed by atoms with Crippen LogP contribution in [0.1, 0.15) is 21.5 Å². The predicted molar refractivity (Wildman–Crippen MR) is 140 cm³/mol.